The van der Waals surface area contributed by atoms with E-state index in [-0.39, 0.29) is 5.91 Å². The van der Waals surface area contributed by atoms with Gasteiger partial charge in [0.25, 0.3) is 5.91 Å². The number of carbonyl (C=O) groups excluding carboxylic acids is 1. The molecular formula is C20H20ClN3OS. The molecule has 4 nitrogen and oxygen atoms in total. The summed E-state index contributed by atoms with van der Waals surface area (Å²) in [4.78, 5) is 19.5. The maximum absolute atomic E-state index is 12.5. The zero-order chi connectivity index (χ0) is 18.5. The van der Waals surface area contributed by atoms with Gasteiger partial charge in [-0.3, -0.25) is 4.79 Å². The standard InChI is InChI=1S/C20H20ClN3OS/c1-24(2)12-11-14-7-9-15(10-8-14)23-19(25)18-13-22-20(26-18)16-5-3-4-6-17(16)21/h3-10,13H,11-12H2,1-2H3,(H,23,25). The minimum Gasteiger partial charge on any atom is -0.321 e. The molecular weight excluding hydrogens is 366 g/mol. The molecule has 0 saturated heterocycles. The van der Waals surface area contributed by atoms with Gasteiger partial charge in [-0.15, -0.1) is 11.3 Å². The largest absolute Gasteiger partial charge is 0.321 e. The first-order chi connectivity index (χ1) is 12.5. The number of nitrogens with one attached hydrogen (secondary N) is 1. The van der Waals surface area contributed by atoms with E-state index in [1.54, 1.807) is 6.20 Å². The van der Waals surface area contributed by atoms with Gasteiger partial charge in [-0.1, -0.05) is 41.9 Å². The number of amides is 1. The van der Waals surface area contributed by atoms with Crippen LogP contribution in [0.1, 0.15) is 15.2 Å². The first-order valence-corrected chi connectivity index (χ1v) is 9.48. The molecule has 1 amide bonds. The lowest BCUT2D eigenvalue weighted by molar-refractivity contribution is 0.103. The molecule has 1 aromatic heterocycles. The molecule has 3 aromatic rings. The number of hydrogen-bond donors (Lipinski definition) is 1. The molecule has 2 aromatic carbocycles. The maximum Gasteiger partial charge on any atom is 0.267 e. The lowest BCUT2D eigenvalue weighted by Gasteiger charge is -2.09. The SMILES string of the molecule is CN(C)CCc1ccc(NC(=O)c2cnc(-c3ccccc3Cl)s2)cc1. The summed E-state index contributed by atoms with van der Waals surface area (Å²) in [6.07, 6.45) is 2.57. The second-order valence-electron chi connectivity index (χ2n) is 6.21. The first kappa shape index (κ1) is 18.6. The number of nitrogens with zero attached hydrogens (tertiary/aromatic N) is 2. The molecule has 26 heavy (non-hydrogen) atoms. The number of rotatable bonds is 6. The van der Waals surface area contributed by atoms with Crippen LogP contribution >= 0.6 is 22.9 Å². The van der Waals surface area contributed by atoms with Gasteiger partial charge in [-0.25, -0.2) is 4.98 Å². The van der Waals surface area contributed by atoms with Crippen molar-refractivity contribution in [3.8, 4) is 10.6 Å². The van der Waals surface area contributed by atoms with E-state index in [0.29, 0.717) is 9.90 Å². The number of thiazole rings is 1. The highest BCUT2D eigenvalue weighted by Crippen LogP contribution is 2.31. The summed E-state index contributed by atoms with van der Waals surface area (Å²) in [5, 5.41) is 4.28. The van der Waals surface area contributed by atoms with Crippen molar-refractivity contribution >= 4 is 34.5 Å². The Labute approximate surface area is 162 Å². The van der Waals surface area contributed by atoms with Gasteiger partial charge >= 0.3 is 0 Å². The van der Waals surface area contributed by atoms with E-state index in [2.05, 4.69) is 29.3 Å². The fourth-order valence-corrected chi connectivity index (χ4v) is 3.57. The third kappa shape index (κ3) is 4.69. The highest BCUT2D eigenvalue weighted by molar-refractivity contribution is 7.17. The van der Waals surface area contributed by atoms with Crippen LogP contribution in [0.5, 0.6) is 0 Å². The summed E-state index contributed by atoms with van der Waals surface area (Å²) in [6, 6.07) is 15.4. The van der Waals surface area contributed by atoms with Crippen molar-refractivity contribution in [2.24, 2.45) is 0 Å². The van der Waals surface area contributed by atoms with Gasteiger partial charge in [0.15, 0.2) is 0 Å². The number of carbonyl (C=O) groups is 1. The summed E-state index contributed by atoms with van der Waals surface area (Å²) in [6.45, 7) is 0.997. The Hall–Kier alpha value is -2.21. The number of hydrogen-bond acceptors (Lipinski definition) is 4. The molecule has 0 aliphatic heterocycles. The topological polar surface area (TPSA) is 45.2 Å². The second-order valence-corrected chi connectivity index (χ2v) is 7.65. The molecule has 0 saturated carbocycles. The number of anilines is 1. The predicted octanol–water partition coefficient (Wildman–Crippen LogP) is 4.82. The summed E-state index contributed by atoms with van der Waals surface area (Å²) < 4.78 is 0. The second kappa shape index (κ2) is 8.45. The molecule has 0 unspecified atom stereocenters. The molecule has 3 rings (SSSR count). The van der Waals surface area contributed by atoms with Crippen molar-refractivity contribution in [1.82, 2.24) is 9.88 Å². The van der Waals surface area contributed by atoms with Crippen LogP contribution in [0, 0.1) is 0 Å². The Morgan fingerprint density at radius 3 is 2.58 bits per heavy atom. The van der Waals surface area contributed by atoms with Crippen molar-refractivity contribution < 1.29 is 4.79 Å². The van der Waals surface area contributed by atoms with Gasteiger partial charge in [0.1, 0.15) is 9.88 Å². The highest BCUT2D eigenvalue weighted by atomic mass is 35.5. The zero-order valence-corrected chi connectivity index (χ0v) is 16.3. The summed E-state index contributed by atoms with van der Waals surface area (Å²) >= 11 is 7.53. The lowest BCUT2D eigenvalue weighted by Crippen LogP contribution is -2.15. The molecule has 134 valence electrons. The van der Waals surface area contributed by atoms with E-state index in [9.17, 15) is 4.79 Å². The van der Waals surface area contributed by atoms with E-state index in [0.717, 1.165) is 29.2 Å². The monoisotopic (exact) mass is 385 g/mol. The lowest BCUT2D eigenvalue weighted by atomic mass is 10.1. The first-order valence-electron chi connectivity index (χ1n) is 8.28. The molecule has 0 fully saturated rings. The smallest absolute Gasteiger partial charge is 0.267 e. The fourth-order valence-electron chi connectivity index (χ4n) is 2.44. The van der Waals surface area contributed by atoms with Crippen LogP contribution in [0.3, 0.4) is 0 Å². The molecule has 0 aliphatic rings. The maximum atomic E-state index is 12.5. The zero-order valence-electron chi connectivity index (χ0n) is 14.7. The minimum absolute atomic E-state index is 0.165. The molecule has 0 radical (unpaired) electrons. The molecule has 1 heterocycles. The van der Waals surface area contributed by atoms with Crippen molar-refractivity contribution in [2.45, 2.75) is 6.42 Å². The molecule has 0 aliphatic carbocycles. The normalized spacial score (nSPS) is 10.9. The number of aromatic nitrogens is 1. The Morgan fingerprint density at radius 1 is 1.15 bits per heavy atom. The average molecular weight is 386 g/mol. The van der Waals surface area contributed by atoms with Crippen LogP contribution in [0.2, 0.25) is 5.02 Å². The molecule has 1 N–H and O–H groups in total. The minimum atomic E-state index is -0.165. The van der Waals surface area contributed by atoms with Gasteiger partial charge in [0.05, 0.1) is 11.2 Å². The number of likely N-dealkylation sites (N-methyl/N-ethyl adjacent to an activating group) is 1. The molecule has 0 atom stereocenters. The third-order valence-electron chi connectivity index (χ3n) is 3.89. The van der Waals surface area contributed by atoms with E-state index in [1.165, 1.54) is 16.9 Å². The summed E-state index contributed by atoms with van der Waals surface area (Å²) in [5.41, 5.74) is 2.86. The molecule has 6 heteroatoms. The van der Waals surface area contributed by atoms with Crippen molar-refractivity contribution in [3.63, 3.8) is 0 Å². The van der Waals surface area contributed by atoms with Gasteiger partial charge in [-0.05, 0) is 44.3 Å². The molecule has 0 spiro atoms. The summed E-state index contributed by atoms with van der Waals surface area (Å²) in [5.74, 6) is -0.165. The van der Waals surface area contributed by atoms with Crippen molar-refractivity contribution in [1.29, 1.82) is 0 Å². The fraction of sp³-hybridized carbons (Fsp3) is 0.200. The van der Waals surface area contributed by atoms with E-state index < -0.39 is 0 Å². The average Bonchev–Trinajstić information content (AvgIpc) is 3.11. The van der Waals surface area contributed by atoms with Gasteiger partial charge in [0.2, 0.25) is 0 Å². The van der Waals surface area contributed by atoms with Gasteiger partial charge < -0.3 is 10.2 Å². The molecule has 0 bridgehead atoms. The number of halogens is 1. The Balaban J connectivity index is 1.66. The Morgan fingerprint density at radius 2 is 1.88 bits per heavy atom. The van der Waals surface area contributed by atoms with Crippen LogP contribution in [0.4, 0.5) is 5.69 Å². The highest BCUT2D eigenvalue weighted by Gasteiger charge is 2.13. The van der Waals surface area contributed by atoms with E-state index >= 15 is 0 Å². The van der Waals surface area contributed by atoms with Gasteiger partial charge in [0, 0.05) is 17.8 Å². The van der Waals surface area contributed by atoms with E-state index in [1.807, 2.05) is 48.5 Å². The Kier molecular flexibility index (Phi) is 6.04. The quantitative estimate of drug-likeness (QED) is 0.661. The van der Waals surface area contributed by atoms with Crippen LogP contribution in [0.25, 0.3) is 10.6 Å². The van der Waals surface area contributed by atoms with E-state index in [4.69, 9.17) is 11.6 Å². The predicted molar refractivity (Wildman–Crippen MR) is 109 cm³/mol. The Bertz CT molecular complexity index is 890. The van der Waals surface area contributed by atoms with Crippen LogP contribution < -0.4 is 5.32 Å². The van der Waals surface area contributed by atoms with Crippen LogP contribution in [0.15, 0.2) is 54.7 Å². The van der Waals surface area contributed by atoms with Crippen molar-refractivity contribution in [2.75, 3.05) is 26.0 Å². The van der Waals surface area contributed by atoms with Crippen LogP contribution in [-0.2, 0) is 6.42 Å². The van der Waals surface area contributed by atoms with Crippen molar-refractivity contribution in [3.05, 3.63) is 70.2 Å². The van der Waals surface area contributed by atoms with Gasteiger partial charge in [-0.2, -0.15) is 0 Å². The number of benzene rings is 2. The van der Waals surface area contributed by atoms with Crippen LogP contribution in [-0.4, -0.2) is 36.4 Å². The summed E-state index contributed by atoms with van der Waals surface area (Å²) in [7, 11) is 4.11. The third-order valence-corrected chi connectivity index (χ3v) is 5.25.